The van der Waals surface area contributed by atoms with Crippen LogP contribution in [-0.4, -0.2) is 22.7 Å². The molecule has 1 amide bonds. The molecule has 7 aromatic rings. The third kappa shape index (κ3) is 11.1. The SMILES string of the molecule is Cc1oc(S(=O)(=O)NC(=O)Cc2ccccc2)cc1COc1ccc(-c2ccccc2)cc1.Cc1oc(S(N)(=O)=O)cc1COc1ccc(-c2ccccc2)cc1. The smallest absolute Gasteiger partial charge is 0.297 e. The average molecular weight is 805 g/mol. The van der Waals surface area contributed by atoms with Crippen LogP contribution in [0.3, 0.4) is 0 Å². The van der Waals surface area contributed by atoms with E-state index in [2.05, 4.69) is 4.72 Å². The molecule has 2 heterocycles. The van der Waals surface area contributed by atoms with Crippen molar-refractivity contribution >= 4 is 26.0 Å². The molecule has 7 rings (SSSR count). The van der Waals surface area contributed by atoms with E-state index in [1.54, 1.807) is 38.1 Å². The van der Waals surface area contributed by atoms with Gasteiger partial charge in [0.1, 0.15) is 36.2 Å². The molecule has 11 nitrogen and oxygen atoms in total. The molecule has 0 fully saturated rings. The van der Waals surface area contributed by atoms with Gasteiger partial charge in [-0.1, -0.05) is 115 Å². The maximum Gasteiger partial charge on any atom is 0.297 e. The van der Waals surface area contributed by atoms with E-state index in [0.29, 0.717) is 39.7 Å². The lowest BCUT2D eigenvalue weighted by Crippen LogP contribution is -2.31. The lowest BCUT2D eigenvalue weighted by atomic mass is 10.1. The Bertz CT molecular complexity index is 2620. The number of nitrogens with one attached hydrogen (secondary N) is 1. The number of ether oxygens (including phenoxy) is 2. The Morgan fingerprint density at radius 2 is 0.947 bits per heavy atom. The molecular formula is C44H40N2O9S2. The molecule has 0 unspecified atom stereocenters. The van der Waals surface area contributed by atoms with Crippen LogP contribution in [0.5, 0.6) is 11.5 Å². The van der Waals surface area contributed by atoms with Gasteiger partial charge in [-0.15, -0.1) is 0 Å². The standard InChI is InChI=1S/C26H23NO5S.C18H17NO4S/c1-19-23(18-31-24-14-12-22(13-15-24)21-10-6-3-7-11-21)17-26(32-19)33(29,30)27-25(28)16-20-8-4-2-5-9-20;1-13-16(11-18(23-13)24(19,20)21)12-22-17-9-7-15(8-10-17)14-5-3-2-4-6-14/h2-15,17H,16,18H2,1H3,(H,27,28);2-11H,12H2,1H3,(H2,19,20,21). The Morgan fingerprint density at radius 1 is 0.561 bits per heavy atom. The Balaban J connectivity index is 0.000000203. The van der Waals surface area contributed by atoms with Crippen molar-refractivity contribution in [1.29, 1.82) is 0 Å². The summed E-state index contributed by atoms with van der Waals surface area (Å²) < 4.78 is 71.9. The van der Waals surface area contributed by atoms with Gasteiger partial charge in [0.2, 0.25) is 16.1 Å². The maximum atomic E-state index is 12.6. The fraction of sp³-hybridized carbons (Fsp3) is 0.114. The van der Waals surface area contributed by atoms with Crippen LogP contribution in [0.25, 0.3) is 22.3 Å². The summed E-state index contributed by atoms with van der Waals surface area (Å²) in [5, 5.41) is 4.48. The van der Waals surface area contributed by atoms with Gasteiger partial charge in [0, 0.05) is 23.3 Å². The van der Waals surface area contributed by atoms with Crippen molar-refractivity contribution in [3.63, 3.8) is 0 Å². The van der Waals surface area contributed by atoms with E-state index in [-0.39, 0.29) is 29.8 Å². The molecule has 5 aromatic carbocycles. The number of benzene rings is 5. The Labute approximate surface area is 331 Å². The Morgan fingerprint density at radius 3 is 1.37 bits per heavy atom. The summed E-state index contributed by atoms with van der Waals surface area (Å²) in [4.78, 5) is 12.2. The van der Waals surface area contributed by atoms with Crippen molar-refractivity contribution in [3.8, 4) is 33.8 Å². The molecule has 0 aliphatic heterocycles. The fourth-order valence-corrected chi connectivity index (χ4v) is 7.18. The minimum absolute atomic E-state index is 0.0469. The van der Waals surface area contributed by atoms with Crippen LogP contribution in [0.4, 0.5) is 0 Å². The number of hydrogen-bond acceptors (Lipinski definition) is 9. The van der Waals surface area contributed by atoms with Crippen molar-refractivity contribution in [3.05, 3.63) is 180 Å². The zero-order valence-corrected chi connectivity index (χ0v) is 32.8. The van der Waals surface area contributed by atoms with Gasteiger partial charge < -0.3 is 18.3 Å². The molecule has 3 N–H and O–H groups in total. The van der Waals surface area contributed by atoms with Gasteiger partial charge in [0.25, 0.3) is 20.0 Å². The Kier molecular flexibility index (Phi) is 12.7. The van der Waals surface area contributed by atoms with Crippen molar-refractivity contribution in [2.45, 2.75) is 43.7 Å². The minimum atomic E-state index is -4.12. The first-order chi connectivity index (χ1) is 27.3. The zero-order chi connectivity index (χ0) is 40.4. The van der Waals surface area contributed by atoms with E-state index >= 15 is 0 Å². The van der Waals surface area contributed by atoms with Crippen LogP contribution in [0.1, 0.15) is 28.2 Å². The number of amides is 1. The molecular weight excluding hydrogens is 765 g/mol. The van der Waals surface area contributed by atoms with E-state index < -0.39 is 26.0 Å². The molecule has 0 aliphatic rings. The second kappa shape index (κ2) is 18.0. The lowest BCUT2D eigenvalue weighted by Gasteiger charge is -2.07. The van der Waals surface area contributed by atoms with Gasteiger partial charge in [-0.05, 0) is 65.9 Å². The maximum absolute atomic E-state index is 12.6. The summed E-state index contributed by atoms with van der Waals surface area (Å²) in [5.74, 6) is 1.58. The number of primary sulfonamides is 1. The van der Waals surface area contributed by atoms with Gasteiger partial charge >= 0.3 is 0 Å². The molecule has 0 saturated carbocycles. The van der Waals surface area contributed by atoms with Gasteiger partial charge in [-0.3, -0.25) is 4.79 Å². The summed E-state index contributed by atoms with van der Waals surface area (Å²) in [6, 6.07) is 47.1. The van der Waals surface area contributed by atoms with Gasteiger partial charge in [0.05, 0.1) is 6.42 Å². The third-order valence-corrected chi connectivity index (χ3v) is 10.7. The summed E-state index contributed by atoms with van der Waals surface area (Å²) in [5.41, 5.74) is 6.35. The lowest BCUT2D eigenvalue weighted by molar-refractivity contribution is -0.118. The largest absolute Gasteiger partial charge is 0.489 e. The van der Waals surface area contributed by atoms with E-state index in [9.17, 15) is 21.6 Å². The van der Waals surface area contributed by atoms with Crippen LogP contribution >= 0.6 is 0 Å². The summed E-state index contributed by atoms with van der Waals surface area (Å²) in [7, 11) is -7.97. The summed E-state index contributed by atoms with van der Waals surface area (Å²) >= 11 is 0. The highest BCUT2D eigenvalue weighted by atomic mass is 32.2. The molecule has 0 saturated heterocycles. The van der Waals surface area contributed by atoms with Crippen molar-refractivity contribution in [2.24, 2.45) is 5.14 Å². The minimum Gasteiger partial charge on any atom is -0.489 e. The highest BCUT2D eigenvalue weighted by Crippen LogP contribution is 2.26. The number of sulfonamides is 2. The highest BCUT2D eigenvalue weighted by molar-refractivity contribution is 7.90. The molecule has 0 aliphatic carbocycles. The number of furan rings is 2. The number of nitrogens with two attached hydrogens (primary N) is 1. The van der Waals surface area contributed by atoms with Gasteiger partial charge in [-0.25, -0.2) is 18.3 Å². The zero-order valence-electron chi connectivity index (χ0n) is 31.1. The van der Waals surface area contributed by atoms with Gasteiger partial charge in [0.15, 0.2) is 0 Å². The van der Waals surface area contributed by atoms with E-state index in [1.807, 2.05) is 115 Å². The predicted octanol–water partition coefficient (Wildman–Crippen LogP) is 8.36. The first kappa shape index (κ1) is 40.3. The van der Waals surface area contributed by atoms with E-state index in [0.717, 1.165) is 22.3 Å². The van der Waals surface area contributed by atoms with Crippen LogP contribution < -0.4 is 19.3 Å². The average Bonchev–Trinajstić information content (AvgIpc) is 3.80. The molecule has 0 atom stereocenters. The van der Waals surface area contributed by atoms with Crippen molar-refractivity contribution in [2.75, 3.05) is 0 Å². The highest BCUT2D eigenvalue weighted by Gasteiger charge is 2.24. The number of carbonyl (C=O) groups excluding carboxylic acids is 1. The first-order valence-electron chi connectivity index (χ1n) is 17.7. The number of carbonyl (C=O) groups is 1. The third-order valence-electron chi connectivity index (χ3n) is 8.71. The topological polar surface area (TPSA) is 168 Å². The number of aryl methyl sites for hydroxylation is 2. The predicted molar refractivity (Wildman–Crippen MR) is 216 cm³/mol. The van der Waals surface area contributed by atoms with Gasteiger partial charge in [-0.2, -0.15) is 8.42 Å². The second-order valence-electron chi connectivity index (χ2n) is 12.9. The van der Waals surface area contributed by atoms with Crippen molar-refractivity contribution < 1.29 is 39.9 Å². The Hall–Kier alpha value is -6.41. The number of hydrogen-bond donors (Lipinski definition) is 2. The molecule has 0 spiro atoms. The normalized spacial score (nSPS) is 11.3. The molecule has 57 heavy (non-hydrogen) atoms. The van der Waals surface area contributed by atoms with Crippen LogP contribution in [0.15, 0.2) is 171 Å². The van der Waals surface area contributed by atoms with E-state index in [4.69, 9.17) is 23.4 Å². The fourth-order valence-electron chi connectivity index (χ4n) is 5.63. The van der Waals surface area contributed by atoms with Crippen LogP contribution in [0, 0.1) is 13.8 Å². The van der Waals surface area contributed by atoms with Crippen LogP contribution in [-0.2, 0) is 44.5 Å². The molecule has 292 valence electrons. The second-order valence-corrected chi connectivity index (χ2v) is 16.0. The van der Waals surface area contributed by atoms with Crippen LogP contribution in [0.2, 0.25) is 0 Å². The monoisotopic (exact) mass is 804 g/mol. The molecule has 0 radical (unpaired) electrons. The van der Waals surface area contributed by atoms with Crippen molar-refractivity contribution in [1.82, 2.24) is 4.72 Å². The molecule has 2 aromatic heterocycles. The quantitative estimate of drug-likeness (QED) is 0.116. The first-order valence-corrected chi connectivity index (χ1v) is 20.7. The number of rotatable bonds is 13. The molecule has 0 bridgehead atoms. The molecule has 13 heteroatoms. The summed E-state index contributed by atoms with van der Waals surface area (Å²) in [6.45, 7) is 3.66. The van der Waals surface area contributed by atoms with E-state index in [1.165, 1.54) is 12.1 Å². The summed E-state index contributed by atoms with van der Waals surface area (Å²) in [6.07, 6.45) is -0.0469.